The van der Waals surface area contributed by atoms with Gasteiger partial charge in [0, 0.05) is 105 Å². The average Bonchev–Trinajstić information content (AvgIpc) is 4.48. The normalized spacial score (nSPS) is 16.2. The molecule has 4 heterocycles. The first kappa shape index (κ1) is 53.8. The lowest BCUT2D eigenvalue weighted by Gasteiger charge is -2.33. The summed E-state index contributed by atoms with van der Waals surface area (Å²) in [5.41, 5.74) is 21.1. The number of nitrogens with one attached hydrogen (secondary N) is 4. The Morgan fingerprint density at radius 3 is 1.35 bits per heavy atom. The van der Waals surface area contributed by atoms with Crippen molar-refractivity contribution in [3.63, 3.8) is 0 Å². The quantitative estimate of drug-likeness (QED) is 0.0819. The minimum Gasteiger partial charge on any atom is -0.364 e. The number of allylic oxidation sites excluding steroid dienone is 4. The molecule has 3 unspecified atom stereocenters. The Labute approximate surface area is 473 Å². The van der Waals surface area contributed by atoms with Crippen molar-refractivity contribution in [2.45, 2.75) is 102 Å². The smallest absolute Gasteiger partial charge is 0.158 e. The summed E-state index contributed by atoms with van der Waals surface area (Å²) in [6, 6.07) is 60.4. The highest BCUT2D eigenvalue weighted by atomic mass is 16.7. The molecule has 80 heavy (non-hydrogen) atoms. The van der Waals surface area contributed by atoms with E-state index < -0.39 is 0 Å². The van der Waals surface area contributed by atoms with Crippen LogP contribution >= 0.6 is 0 Å². The summed E-state index contributed by atoms with van der Waals surface area (Å²) in [5, 5.41) is 2.62. The zero-order valence-corrected chi connectivity index (χ0v) is 47.3. The monoisotopic (exact) mass is 1050 g/mol. The average molecular weight is 1050 g/mol. The maximum absolute atomic E-state index is 5.60. The molecule has 4 aromatic heterocycles. The van der Waals surface area contributed by atoms with Crippen LogP contribution in [0.4, 0.5) is 0 Å². The molecule has 0 spiro atoms. The Balaban J connectivity index is 0.000000122. The molecule has 0 saturated heterocycles. The van der Waals surface area contributed by atoms with Gasteiger partial charge in [0.1, 0.15) is 0 Å². The topological polar surface area (TPSA) is 81.6 Å². The Morgan fingerprint density at radius 1 is 0.463 bits per heavy atom. The second-order valence-electron chi connectivity index (χ2n) is 22.2. The van der Waals surface area contributed by atoms with Gasteiger partial charge in [0.25, 0.3) is 0 Å². The number of aromatic amines is 4. The number of fused-ring (bicyclic) bond motifs is 6. The third-order valence-electron chi connectivity index (χ3n) is 17.2. The number of aromatic nitrogens is 4. The van der Waals surface area contributed by atoms with E-state index in [0.29, 0.717) is 31.0 Å². The molecule has 14 rings (SSSR count). The highest BCUT2D eigenvalue weighted by Crippen LogP contribution is 2.48. The van der Waals surface area contributed by atoms with Crippen molar-refractivity contribution < 1.29 is 9.47 Å². The van der Waals surface area contributed by atoms with Crippen LogP contribution in [0.15, 0.2) is 207 Å². The van der Waals surface area contributed by atoms with Crippen molar-refractivity contribution in [2.75, 3.05) is 13.2 Å². The lowest BCUT2D eigenvalue weighted by atomic mass is 9.72. The Hall–Kier alpha value is -8.16. The zero-order chi connectivity index (χ0) is 55.1. The lowest BCUT2D eigenvalue weighted by Crippen LogP contribution is -2.28. The van der Waals surface area contributed by atoms with Gasteiger partial charge in [0.05, 0.1) is 0 Å². The van der Waals surface area contributed by atoms with E-state index in [1.165, 1.54) is 100 Å². The summed E-state index contributed by atoms with van der Waals surface area (Å²) in [7, 11) is 0. The largest absolute Gasteiger partial charge is 0.364 e. The van der Waals surface area contributed by atoms with E-state index in [-0.39, 0.29) is 17.1 Å². The van der Waals surface area contributed by atoms with Gasteiger partial charge in [-0.05, 0) is 153 Å². The highest BCUT2D eigenvalue weighted by Gasteiger charge is 2.39. The second-order valence-corrected chi connectivity index (χ2v) is 22.2. The van der Waals surface area contributed by atoms with Crippen molar-refractivity contribution in [1.82, 2.24) is 19.9 Å². The zero-order valence-electron chi connectivity index (χ0n) is 47.3. The predicted octanol–water partition coefficient (Wildman–Crippen LogP) is 18.5. The molecule has 0 radical (unpaired) electrons. The van der Waals surface area contributed by atoms with E-state index in [2.05, 4.69) is 266 Å². The number of hydrogen-bond donors (Lipinski definition) is 4. The molecular formula is C74H76N4O2. The molecule has 404 valence electrons. The third kappa shape index (κ3) is 11.1. The summed E-state index contributed by atoms with van der Waals surface area (Å²) < 4.78 is 11.2. The minimum atomic E-state index is -0.196. The molecule has 4 aliphatic carbocycles. The van der Waals surface area contributed by atoms with E-state index in [1.54, 1.807) is 0 Å². The molecule has 6 nitrogen and oxygen atoms in total. The number of aryl methyl sites for hydroxylation is 2. The lowest BCUT2D eigenvalue weighted by molar-refractivity contribution is -0.140. The van der Waals surface area contributed by atoms with E-state index in [4.69, 9.17) is 9.47 Å². The fraction of sp³-hybridized carbons (Fsp3) is 0.243. The van der Waals surface area contributed by atoms with Crippen LogP contribution in [0, 0.1) is 13.8 Å². The van der Waals surface area contributed by atoms with Gasteiger partial charge in [0.2, 0.25) is 0 Å². The van der Waals surface area contributed by atoms with Crippen molar-refractivity contribution in [3.05, 3.63) is 285 Å². The van der Waals surface area contributed by atoms with Crippen LogP contribution in [0.1, 0.15) is 143 Å². The Kier molecular flexibility index (Phi) is 16.2. The summed E-state index contributed by atoms with van der Waals surface area (Å²) in [6.07, 6.45) is 26.1. The van der Waals surface area contributed by atoms with Gasteiger partial charge in [-0.2, -0.15) is 0 Å². The van der Waals surface area contributed by atoms with Crippen LogP contribution in [0.25, 0.3) is 46.1 Å². The van der Waals surface area contributed by atoms with E-state index in [1.807, 2.05) is 26.2 Å². The molecule has 0 bridgehead atoms. The van der Waals surface area contributed by atoms with E-state index in [9.17, 15) is 0 Å². The summed E-state index contributed by atoms with van der Waals surface area (Å²) in [4.78, 5) is 14.5. The molecule has 0 saturated carbocycles. The second kappa shape index (κ2) is 24.1. The molecule has 3 atom stereocenters. The highest BCUT2D eigenvalue weighted by molar-refractivity contribution is 5.87. The Morgan fingerprint density at radius 2 is 0.887 bits per heavy atom. The van der Waals surface area contributed by atoms with Gasteiger partial charge >= 0.3 is 0 Å². The fourth-order valence-electron chi connectivity index (χ4n) is 13.1. The first-order chi connectivity index (χ1) is 39.1. The number of hydrogen-bond acceptors (Lipinski definition) is 2. The summed E-state index contributed by atoms with van der Waals surface area (Å²) in [6.45, 7) is 14.7. The van der Waals surface area contributed by atoms with Crippen molar-refractivity contribution in [3.8, 4) is 0 Å². The maximum atomic E-state index is 5.60. The maximum Gasteiger partial charge on any atom is 0.158 e. The molecule has 0 amide bonds. The molecule has 6 heteroatoms. The summed E-state index contributed by atoms with van der Waals surface area (Å²) >= 11 is 0. The van der Waals surface area contributed by atoms with Crippen LogP contribution in [0.5, 0.6) is 0 Å². The van der Waals surface area contributed by atoms with Crippen molar-refractivity contribution in [2.24, 2.45) is 0 Å². The van der Waals surface area contributed by atoms with Crippen LogP contribution < -0.4 is 0 Å². The minimum absolute atomic E-state index is 0.0561. The molecule has 4 N–H and O–H groups in total. The van der Waals surface area contributed by atoms with Gasteiger partial charge in [-0.25, -0.2) is 0 Å². The van der Waals surface area contributed by atoms with Gasteiger partial charge < -0.3 is 29.4 Å². The molecule has 0 aliphatic heterocycles. The van der Waals surface area contributed by atoms with Crippen LogP contribution in [-0.4, -0.2) is 39.4 Å². The van der Waals surface area contributed by atoms with Gasteiger partial charge in [-0.1, -0.05) is 182 Å². The Bertz CT molecular complexity index is 3680. The molecule has 4 aliphatic rings. The van der Waals surface area contributed by atoms with Crippen molar-refractivity contribution >= 4 is 46.1 Å². The number of benzene rings is 6. The fourth-order valence-corrected chi connectivity index (χ4v) is 13.1. The van der Waals surface area contributed by atoms with Gasteiger partial charge in [-0.3, -0.25) is 0 Å². The number of ether oxygens (including phenoxy) is 2. The number of rotatable bonds is 14. The van der Waals surface area contributed by atoms with Crippen LogP contribution in [0.3, 0.4) is 0 Å². The molecule has 0 fully saturated rings. The third-order valence-corrected chi connectivity index (χ3v) is 17.2. The standard InChI is InChI=1S/C30H28N2.C20H20N2.C15H20O2.C9H8/c1-19-23-11-6-8-14-26(23)31-28(19)30(3,18-22-17-16-21-10-4-5-13-25(21)22)29-20(2)24-12-7-9-15-27(24)32-29;1-20(18-8-4-12-21-18,19-9-5-13-22-19)14-16-11-10-15-6-2-3-7-17(15)16;1-3-16-15(17-4-2)11-13-10-9-12-7-5-6-8-14(12)13;1-2-5-9-7-3-6-8(9)4-1/h4-17,22,31-32H,18H2,1-3H3;2-13,16,21-22H,14H2,1H3;5-10,13,15H,3-4,11H2,1-2H3;1-6H,7H2. The van der Waals surface area contributed by atoms with E-state index in [0.717, 1.165) is 25.7 Å². The van der Waals surface area contributed by atoms with Crippen LogP contribution in [0.2, 0.25) is 0 Å². The summed E-state index contributed by atoms with van der Waals surface area (Å²) in [5.74, 6) is 1.26. The molecule has 10 aromatic rings. The predicted molar refractivity (Wildman–Crippen MR) is 335 cm³/mol. The first-order valence-electron chi connectivity index (χ1n) is 28.9. The SMILES string of the molecule is C1=Cc2ccccc2C1.CC(CC1C=Cc2ccccc21)(c1ccc[nH]1)c1ccc[nH]1.CCOC(CC1C=Cc2ccccc21)OCC.Cc1c(C(C)(CC2C=Cc3ccccc32)c2[nH]c3ccccc3c2C)[nH]c2ccccc12. The molecular weight excluding hydrogens is 977 g/mol. The number of para-hydroxylation sites is 2. The first-order valence-corrected chi connectivity index (χ1v) is 28.9. The van der Waals surface area contributed by atoms with E-state index >= 15 is 0 Å². The van der Waals surface area contributed by atoms with Crippen LogP contribution in [-0.2, 0) is 26.7 Å². The molecule has 6 aromatic carbocycles. The van der Waals surface area contributed by atoms with Gasteiger partial charge in [-0.15, -0.1) is 0 Å². The van der Waals surface area contributed by atoms with Gasteiger partial charge in [0.15, 0.2) is 6.29 Å². The van der Waals surface area contributed by atoms with Crippen molar-refractivity contribution in [1.29, 1.82) is 0 Å². The number of H-pyrrole nitrogens is 4.